The van der Waals surface area contributed by atoms with E-state index in [1.54, 1.807) is 6.20 Å². The van der Waals surface area contributed by atoms with Crippen molar-refractivity contribution in [2.45, 2.75) is 38.8 Å². The number of alkyl carbamates (subject to hydrolysis) is 1. The molecule has 0 aliphatic heterocycles. The summed E-state index contributed by atoms with van der Waals surface area (Å²) in [6.45, 7) is 5.79. The van der Waals surface area contributed by atoms with E-state index >= 15 is 0 Å². The zero-order chi connectivity index (χ0) is 13.8. The fraction of sp³-hybridized carbons (Fsp3) is 0.636. The number of hydrogen-bond acceptors (Lipinski definition) is 5. The molecule has 1 aromatic rings. The van der Waals surface area contributed by atoms with Gasteiger partial charge in [0.15, 0.2) is 4.47 Å². The summed E-state index contributed by atoms with van der Waals surface area (Å²) in [4.78, 5) is 16.3. The van der Waals surface area contributed by atoms with Gasteiger partial charge < -0.3 is 15.8 Å². The highest BCUT2D eigenvalue weighted by Gasteiger charge is 2.16. The van der Waals surface area contributed by atoms with E-state index in [-0.39, 0.29) is 6.04 Å². The van der Waals surface area contributed by atoms with Crippen LogP contribution in [0.4, 0.5) is 4.79 Å². The highest BCUT2D eigenvalue weighted by Crippen LogP contribution is 2.18. The van der Waals surface area contributed by atoms with E-state index in [1.165, 1.54) is 11.3 Å². The number of halogens is 1. The predicted molar refractivity (Wildman–Crippen MR) is 73.0 cm³/mol. The fourth-order valence-electron chi connectivity index (χ4n) is 1.24. The SMILES string of the molecule is CC(C)(C)OC(=O)NCC(N)Cc1cnc(Cl)s1. The third-order valence-electron chi connectivity index (χ3n) is 1.90. The molecular weight excluding hydrogens is 274 g/mol. The molecular formula is C11H18ClN3O2S. The number of aromatic nitrogens is 1. The summed E-state index contributed by atoms with van der Waals surface area (Å²) in [5.74, 6) is 0. The van der Waals surface area contributed by atoms with Gasteiger partial charge in [0, 0.05) is 30.1 Å². The fourth-order valence-corrected chi connectivity index (χ4v) is 2.31. The van der Waals surface area contributed by atoms with Gasteiger partial charge in [-0.25, -0.2) is 9.78 Å². The lowest BCUT2D eigenvalue weighted by Gasteiger charge is -2.20. The Balaban J connectivity index is 2.29. The molecule has 0 spiro atoms. The molecule has 18 heavy (non-hydrogen) atoms. The van der Waals surface area contributed by atoms with Crippen molar-refractivity contribution < 1.29 is 9.53 Å². The summed E-state index contributed by atoms with van der Waals surface area (Å²) >= 11 is 7.11. The Morgan fingerprint density at radius 2 is 2.33 bits per heavy atom. The van der Waals surface area contributed by atoms with Crippen molar-refractivity contribution in [1.29, 1.82) is 0 Å². The van der Waals surface area contributed by atoms with E-state index in [0.29, 0.717) is 17.4 Å². The largest absolute Gasteiger partial charge is 0.444 e. The van der Waals surface area contributed by atoms with Crippen molar-refractivity contribution in [3.05, 3.63) is 15.5 Å². The lowest BCUT2D eigenvalue weighted by atomic mass is 10.2. The number of amides is 1. The number of nitrogens with one attached hydrogen (secondary N) is 1. The van der Waals surface area contributed by atoms with E-state index in [2.05, 4.69) is 10.3 Å². The summed E-state index contributed by atoms with van der Waals surface area (Å²) in [6.07, 6.45) is 1.86. The second-order valence-corrected chi connectivity index (χ2v) is 6.62. The Hall–Kier alpha value is -0.850. The molecule has 102 valence electrons. The van der Waals surface area contributed by atoms with Crippen molar-refractivity contribution in [2.75, 3.05) is 6.54 Å². The minimum absolute atomic E-state index is 0.186. The maximum Gasteiger partial charge on any atom is 0.407 e. The number of rotatable bonds is 4. The van der Waals surface area contributed by atoms with Gasteiger partial charge in [0.2, 0.25) is 0 Å². The highest BCUT2D eigenvalue weighted by atomic mass is 35.5. The van der Waals surface area contributed by atoms with Crippen LogP contribution in [0.3, 0.4) is 0 Å². The number of carbonyl (C=O) groups is 1. The Kier molecular flexibility index (Phi) is 5.37. The summed E-state index contributed by atoms with van der Waals surface area (Å²) in [6, 6.07) is -0.186. The molecule has 1 rings (SSSR count). The molecule has 1 unspecified atom stereocenters. The molecule has 1 aromatic heterocycles. The molecule has 0 aliphatic carbocycles. The van der Waals surface area contributed by atoms with Crippen LogP contribution < -0.4 is 11.1 Å². The zero-order valence-corrected chi connectivity index (χ0v) is 12.3. The van der Waals surface area contributed by atoms with Gasteiger partial charge in [-0.3, -0.25) is 0 Å². The normalized spacial score (nSPS) is 13.2. The predicted octanol–water partition coefficient (Wildman–Crippen LogP) is 2.19. The molecule has 0 radical (unpaired) electrons. The summed E-state index contributed by atoms with van der Waals surface area (Å²) in [7, 11) is 0. The van der Waals surface area contributed by atoms with Crippen LogP contribution in [0.2, 0.25) is 4.47 Å². The Morgan fingerprint density at radius 3 is 2.83 bits per heavy atom. The monoisotopic (exact) mass is 291 g/mol. The minimum atomic E-state index is -0.501. The van der Waals surface area contributed by atoms with Crippen LogP contribution >= 0.6 is 22.9 Å². The molecule has 0 bridgehead atoms. The molecule has 3 N–H and O–H groups in total. The van der Waals surface area contributed by atoms with Crippen molar-refractivity contribution >= 4 is 29.0 Å². The maximum atomic E-state index is 11.4. The van der Waals surface area contributed by atoms with Gasteiger partial charge in [-0.2, -0.15) is 0 Å². The van der Waals surface area contributed by atoms with E-state index < -0.39 is 11.7 Å². The van der Waals surface area contributed by atoms with Crippen LogP contribution in [0.1, 0.15) is 25.6 Å². The van der Waals surface area contributed by atoms with Gasteiger partial charge in [-0.05, 0) is 20.8 Å². The first-order valence-electron chi connectivity index (χ1n) is 5.59. The van der Waals surface area contributed by atoms with Crippen molar-refractivity contribution in [1.82, 2.24) is 10.3 Å². The van der Waals surface area contributed by atoms with Crippen molar-refractivity contribution in [3.63, 3.8) is 0 Å². The first-order valence-corrected chi connectivity index (χ1v) is 6.78. The van der Waals surface area contributed by atoms with Crippen LogP contribution in [0.25, 0.3) is 0 Å². The number of carbonyl (C=O) groups excluding carboxylic acids is 1. The minimum Gasteiger partial charge on any atom is -0.444 e. The van der Waals surface area contributed by atoms with E-state index in [4.69, 9.17) is 22.1 Å². The molecule has 0 fully saturated rings. The molecule has 0 aliphatic rings. The number of nitrogens with two attached hydrogens (primary N) is 1. The molecule has 1 heterocycles. The third-order valence-corrected chi connectivity index (χ3v) is 3.03. The molecule has 1 atom stereocenters. The molecule has 0 saturated heterocycles. The summed E-state index contributed by atoms with van der Waals surface area (Å²) < 4.78 is 5.60. The molecule has 0 aromatic carbocycles. The molecule has 1 amide bonds. The lowest BCUT2D eigenvalue weighted by Crippen LogP contribution is -2.40. The van der Waals surface area contributed by atoms with Gasteiger partial charge in [0.1, 0.15) is 5.60 Å². The van der Waals surface area contributed by atoms with Gasteiger partial charge in [0.05, 0.1) is 0 Å². The van der Waals surface area contributed by atoms with E-state index in [0.717, 1.165) is 4.88 Å². The average molecular weight is 292 g/mol. The number of thiazole rings is 1. The van der Waals surface area contributed by atoms with Gasteiger partial charge in [0.25, 0.3) is 0 Å². The first-order chi connectivity index (χ1) is 8.26. The number of ether oxygens (including phenoxy) is 1. The molecule has 5 nitrogen and oxygen atoms in total. The Morgan fingerprint density at radius 1 is 1.67 bits per heavy atom. The van der Waals surface area contributed by atoms with Gasteiger partial charge in [-0.1, -0.05) is 11.6 Å². The quantitative estimate of drug-likeness (QED) is 0.891. The Labute approximate surface area is 116 Å². The molecule has 0 saturated carbocycles. The number of nitrogens with zero attached hydrogens (tertiary/aromatic N) is 1. The van der Waals surface area contributed by atoms with Gasteiger partial charge in [-0.15, -0.1) is 11.3 Å². The standard InChI is InChI=1S/C11H18ClN3O2S/c1-11(2,3)17-10(16)15-5-7(13)4-8-6-14-9(12)18-8/h6-7H,4-5,13H2,1-3H3,(H,15,16). The van der Waals surface area contributed by atoms with E-state index in [9.17, 15) is 4.79 Å². The second-order valence-electron chi connectivity index (χ2n) is 4.93. The van der Waals surface area contributed by atoms with Crippen LogP contribution in [0, 0.1) is 0 Å². The van der Waals surface area contributed by atoms with Crippen LogP contribution in [0.15, 0.2) is 6.20 Å². The van der Waals surface area contributed by atoms with Gasteiger partial charge >= 0.3 is 6.09 Å². The van der Waals surface area contributed by atoms with Crippen molar-refractivity contribution in [2.24, 2.45) is 5.73 Å². The topological polar surface area (TPSA) is 77.2 Å². The summed E-state index contributed by atoms with van der Waals surface area (Å²) in [5.41, 5.74) is 5.39. The smallest absolute Gasteiger partial charge is 0.407 e. The highest BCUT2D eigenvalue weighted by molar-refractivity contribution is 7.15. The lowest BCUT2D eigenvalue weighted by molar-refractivity contribution is 0.0524. The van der Waals surface area contributed by atoms with Crippen LogP contribution in [0.5, 0.6) is 0 Å². The Bertz CT molecular complexity index is 403. The zero-order valence-electron chi connectivity index (χ0n) is 10.7. The van der Waals surface area contributed by atoms with Crippen LogP contribution in [-0.2, 0) is 11.2 Å². The van der Waals surface area contributed by atoms with Crippen LogP contribution in [-0.4, -0.2) is 29.3 Å². The third kappa shape index (κ3) is 6.18. The average Bonchev–Trinajstić information content (AvgIpc) is 2.58. The number of hydrogen-bond donors (Lipinski definition) is 2. The summed E-state index contributed by atoms with van der Waals surface area (Å²) in [5, 5.41) is 2.63. The van der Waals surface area contributed by atoms with Crippen molar-refractivity contribution in [3.8, 4) is 0 Å². The second kappa shape index (κ2) is 6.36. The first kappa shape index (κ1) is 15.2. The molecule has 7 heteroatoms. The maximum absolute atomic E-state index is 11.4. The van der Waals surface area contributed by atoms with E-state index in [1.807, 2.05) is 20.8 Å².